The Morgan fingerprint density at radius 2 is 1.71 bits per heavy atom. The second-order valence-electron chi connectivity index (χ2n) is 10.5. The molecule has 0 saturated carbocycles. The average Bonchev–Trinajstić information content (AvgIpc) is 3.15. The number of anilines is 3. The summed E-state index contributed by atoms with van der Waals surface area (Å²) in [4.78, 5) is 51.2. The third-order valence-electron chi connectivity index (χ3n) is 7.03. The van der Waals surface area contributed by atoms with E-state index < -0.39 is 46.7 Å². The molecule has 3 N–H and O–H groups in total. The maximum atomic E-state index is 13.6. The molecular formula is C31H28F3N5O6. The number of esters is 1. The number of halogens is 3. The SMILES string of the molecule is CC1(C)C(=O)N(c2ccc(C#N)c(C(F)(F)F)c2)C(=O)N1Cc1ccccc1Nc1ccc(COC(=O)CNCC(=O)O)cc1. The summed E-state index contributed by atoms with van der Waals surface area (Å²) >= 11 is 0. The van der Waals surface area contributed by atoms with Crippen LogP contribution in [0.2, 0.25) is 0 Å². The van der Waals surface area contributed by atoms with Gasteiger partial charge in [0.25, 0.3) is 5.91 Å². The molecule has 0 radical (unpaired) electrons. The lowest BCUT2D eigenvalue weighted by Crippen LogP contribution is -2.43. The van der Waals surface area contributed by atoms with E-state index in [-0.39, 0.29) is 31.9 Å². The van der Waals surface area contributed by atoms with Crippen LogP contribution in [0.25, 0.3) is 0 Å². The highest BCUT2D eigenvalue weighted by Crippen LogP contribution is 2.38. The zero-order valence-corrected chi connectivity index (χ0v) is 24.1. The Labute approximate surface area is 255 Å². The van der Waals surface area contributed by atoms with Gasteiger partial charge in [-0.05, 0) is 61.4 Å². The van der Waals surface area contributed by atoms with E-state index in [0.717, 1.165) is 12.1 Å². The Balaban J connectivity index is 1.48. The highest BCUT2D eigenvalue weighted by atomic mass is 19.4. The molecule has 3 aromatic rings. The van der Waals surface area contributed by atoms with Crippen molar-refractivity contribution in [3.63, 3.8) is 0 Å². The first kappa shape index (κ1) is 32.5. The van der Waals surface area contributed by atoms with Crippen molar-refractivity contribution >= 4 is 40.9 Å². The number of carbonyl (C=O) groups is 4. The van der Waals surface area contributed by atoms with Gasteiger partial charge in [0.05, 0.1) is 42.5 Å². The number of carbonyl (C=O) groups excluding carboxylic acids is 3. The predicted octanol–water partition coefficient (Wildman–Crippen LogP) is 4.79. The van der Waals surface area contributed by atoms with Crippen molar-refractivity contribution in [1.82, 2.24) is 10.2 Å². The summed E-state index contributed by atoms with van der Waals surface area (Å²) in [5, 5.41) is 23.4. The number of benzene rings is 3. The van der Waals surface area contributed by atoms with E-state index in [1.54, 1.807) is 48.5 Å². The minimum absolute atomic E-state index is 0.0230. The van der Waals surface area contributed by atoms with Crippen LogP contribution in [0, 0.1) is 11.3 Å². The molecule has 45 heavy (non-hydrogen) atoms. The van der Waals surface area contributed by atoms with Crippen molar-refractivity contribution in [2.75, 3.05) is 23.3 Å². The number of ether oxygens (including phenoxy) is 1. The van der Waals surface area contributed by atoms with Gasteiger partial charge in [-0.1, -0.05) is 30.3 Å². The van der Waals surface area contributed by atoms with E-state index in [2.05, 4.69) is 10.6 Å². The lowest BCUT2D eigenvalue weighted by Gasteiger charge is -2.28. The molecule has 1 aliphatic heterocycles. The number of carboxylic acids is 1. The quantitative estimate of drug-likeness (QED) is 0.202. The molecule has 0 unspecified atom stereocenters. The largest absolute Gasteiger partial charge is 0.480 e. The fourth-order valence-corrected chi connectivity index (χ4v) is 4.61. The van der Waals surface area contributed by atoms with E-state index in [1.807, 2.05) is 0 Å². The van der Waals surface area contributed by atoms with Crippen LogP contribution in [0.5, 0.6) is 0 Å². The number of carboxylic acid groups (broad SMARTS) is 1. The highest BCUT2D eigenvalue weighted by Gasteiger charge is 2.52. The van der Waals surface area contributed by atoms with Gasteiger partial charge in [0, 0.05) is 11.4 Å². The Bertz CT molecular complexity index is 1670. The van der Waals surface area contributed by atoms with Crippen LogP contribution in [0.3, 0.4) is 0 Å². The van der Waals surface area contributed by atoms with Gasteiger partial charge >= 0.3 is 24.1 Å². The van der Waals surface area contributed by atoms with E-state index in [0.29, 0.717) is 33.5 Å². The van der Waals surface area contributed by atoms with Gasteiger partial charge in [-0.3, -0.25) is 19.7 Å². The minimum Gasteiger partial charge on any atom is -0.480 e. The van der Waals surface area contributed by atoms with Crippen molar-refractivity contribution in [2.45, 2.75) is 38.7 Å². The van der Waals surface area contributed by atoms with Gasteiger partial charge in [-0.2, -0.15) is 18.4 Å². The number of aliphatic carboxylic acids is 1. The molecule has 0 atom stereocenters. The minimum atomic E-state index is -4.86. The second kappa shape index (κ2) is 13.1. The molecule has 1 heterocycles. The van der Waals surface area contributed by atoms with Crippen molar-refractivity contribution in [3.05, 3.63) is 89.0 Å². The van der Waals surface area contributed by atoms with Crippen LogP contribution in [-0.2, 0) is 38.4 Å². The zero-order valence-electron chi connectivity index (χ0n) is 24.1. The molecular weight excluding hydrogens is 595 g/mol. The zero-order chi connectivity index (χ0) is 32.9. The third-order valence-corrected chi connectivity index (χ3v) is 7.03. The molecule has 3 amide bonds. The monoisotopic (exact) mass is 623 g/mol. The van der Waals surface area contributed by atoms with Crippen molar-refractivity contribution in [1.29, 1.82) is 5.26 Å². The van der Waals surface area contributed by atoms with Crippen molar-refractivity contribution < 1.29 is 42.2 Å². The smallest absolute Gasteiger partial charge is 0.417 e. The lowest BCUT2D eigenvalue weighted by atomic mass is 10.0. The van der Waals surface area contributed by atoms with Gasteiger partial charge < -0.3 is 20.1 Å². The number of para-hydroxylation sites is 1. The van der Waals surface area contributed by atoms with Crippen molar-refractivity contribution in [2.24, 2.45) is 0 Å². The molecule has 1 fully saturated rings. The number of nitriles is 1. The van der Waals surface area contributed by atoms with Crippen molar-refractivity contribution in [3.8, 4) is 6.07 Å². The molecule has 234 valence electrons. The van der Waals surface area contributed by atoms with Crippen LogP contribution < -0.4 is 15.5 Å². The molecule has 11 nitrogen and oxygen atoms in total. The van der Waals surface area contributed by atoms with Gasteiger partial charge in [0.1, 0.15) is 12.1 Å². The van der Waals surface area contributed by atoms with Crippen LogP contribution in [0.1, 0.15) is 36.1 Å². The van der Waals surface area contributed by atoms with Gasteiger partial charge in [0.2, 0.25) is 0 Å². The summed E-state index contributed by atoms with van der Waals surface area (Å²) in [5.74, 6) is -2.42. The molecule has 1 aliphatic rings. The first-order valence-electron chi connectivity index (χ1n) is 13.5. The maximum absolute atomic E-state index is 13.6. The molecule has 4 rings (SSSR count). The number of hydrogen-bond donors (Lipinski definition) is 3. The third kappa shape index (κ3) is 7.39. The summed E-state index contributed by atoms with van der Waals surface area (Å²) in [6.45, 7) is 2.32. The number of nitrogens with zero attached hydrogens (tertiary/aromatic N) is 3. The summed E-state index contributed by atoms with van der Waals surface area (Å²) < 4.78 is 45.9. The van der Waals surface area contributed by atoms with Crippen LogP contribution >= 0.6 is 0 Å². The van der Waals surface area contributed by atoms with Crippen LogP contribution in [0.15, 0.2) is 66.7 Å². The van der Waals surface area contributed by atoms with Crippen LogP contribution in [-0.4, -0.2) is 52.5 Å². The molecule has 3 aromatic carbocycles. The van der Waals surface area contributed by atoms with Crippen LogP contribution in [0.4, 0.5) is 35.0 Å². The van der Waals surface area contributed by atoms with E-state index in [4.69, 9.17) is 15.1 Å². The lowest BCUT2D eigenvalue weighted by molar-refractivity contribution is -0.144. The molecule has 14 heteroatoms. The Morgan fingerprint density at radius 3 is 2.36 bits per heavy atom. The number of hydrogen-bond acceptors (Lipinski definition) is 8. The maximum Gasteiger partial charge on any atom is 0.417 e. The predicted molar refractivity (Wildman–Crippen MR) is 155 cm³/mol. The fraction of sp³-hybridized carbons (Fsp3) is 0.258. The van der Waals surface area contributed by atoms with Gasteiger partial charge in [0.15, 0.2) is 0 Å². The first-order chi connectivity index (χ1) is 21.2. The summed E-state index contributed by atoms with van der Waals surface area (Å²) in [5.41, 5.74) is -1.00. The molecule has 0 spiro atoms. The Kier molecular flexibility index (Phi) is 9.43. The normalized spacial score (nSPS) is 14.3. The number of alkyl halides is 3. The molecule has 0 aromatic heterocycles. The standard InChI is InChI=1S/C31H28F3N5O6/c1-30(2)28(43)39(23-12-9-20(14-35)24(13-23)31(32,33)34)29(44)38(30)17-21-5-3-4-6-25(21)37-22-10-7-19(8-11-22)18-45-27(42)16-36-15-26(40)41/h3-13,36-37H,15-18H2,1-2H3,(H,40,41). The number of nitrogens with one attached hydrogen (secondary N) is 2. The number of amides is 3. The highest BCUT2D eigenvalue weighted by molar-refractivity contribution is 6.23. The molecule has 0 bridgehead atoms. The van der Waals surface area contributed by atoms with E-state index >= 15 is 0 Å². The number of rotatable bonds is 11. The number of imide groups is 1. The first-order valence-corrected chi connectivity index (χ1v) is 13.5. The summed E-state index contributed by atoms with van der Waals surface area (Å²) in [7, 11) is 0. The fourth-order valence-electron chi connectivity index (χ4n) is 4.61. The Morgan fingerprint density at radius 1 is 1.02 bits per heavy atom. The summed E-state index contributed by atoms with van der Waals surface area (Å²) in [6, 6.07) is 17.3. The number of urea groups is 1. The van der Waals surface area contributed by atoms with E-state index in [1.165, 1.54) is 24.8 Å². The Hall–Kier alpha value is -5.42. The van der Waals surface area contributed by atoms with E-state index in [9.17, 15) is 32.3 Å². The molecule has 0 aliphatic carbocycles. The topological polar surface area (TPSA) is 152 Å². The molecule has 1 saturated heterocycles. The second-order valence-corrected chi connectivity index (χ2v) is 10.5. The average molecular weight is 624 g/mol. The van der Waals surface area contributed by atoms with Gasteiger partial charge in [-0.25, -0.2) is 9.69 Å². The summed E-state index contributed by atoms with van der Waals surface area (Å²) in [6.07, 6.45) is -4.86. The van der Waals surface area contributed by atoms with Gasteiger partial charge in [-0.15, -0.1) is 0 Å².